The molecule has 3 aliphatic rings. The topological polar surface area (TPSA) is 154 Å². The molecule has 12 nitrogen and oxygen atoms in total. The second kappa shape index (κ2) is 16.5. The van der Waals surface area contributed by atoms with Gasteiger partial charge in [0.25, 0.3) is 5.88 Å². The number of ether oxygens (including phenoxy) is 2. The molecule has 3 aromatic heterocycles. The van der Waals surface area contributed by atoms with E-state index in [0.717, 1.165) is 27.8 Å². The van der Waals surface area contributed by atoms with Gasteiger partial charge in [-0.25, -0.2) is 4.79 Å². The lowest BCUT2D eigenvalue weighted by atomic mass is 9.52. The summed E-state index contributed by atoms with van der Waals surface area (Å²) >= 11 is 0. The number of aryl methyl sites for hydroxylation is 3. The molecule has 62 heavy (non-hydrogen) atoms. The minimum atomic E-state index is -2.80. The molecule has 1 fully saturated rings. The molecule has 8 rings (SSSR count). The van der Waals surface area contributed by atoms with Gasteiger partial charge in [-0.05, 0) is 111 Å². The van der Waals surface area contributed by atoms with Crippen molar-refractivity contribution in [2.45, 2.75) is 97.7 Å². The third-order valence-electron chi connectivity index (χ3n) is 13.0. The summed E-state index contributed by atoms with van der Waals surface area (Å²) in [7, 11) is 1.02. The molecule has 1 saturated carbocycles. The first-order chi connectivity index (χ1) is 29.2. The molecule has 13 heteroatoms. The van der Waals surface area contributed by atoms with Crippen molar-refractivity contribution in [2.75, 3.05) is 14.1 Å². The molecular formula is C49H56N4O8Si. The lowest BCUT2D eigenvalue weighted by Crippen LogP contribution is -2.69. The van der Waals surface area contributed by atoms with Gasteiger partial charge in [0, 0.05) is 47.3 Å². The van der Waals surface area contributed by atoms with E-state index in [9.17, 15) is 9.90 Å². The number of pyridine rings is 2. The van der Waals surface area contributed by atoms with Gasteiger partial charge in [0.2, 0.25) is 11.6 Å². The average molecular weight is 857 g/mol. The fourth-order valence-electron chi connectivity index (χ4n) is 9.04. The van der Waals surface area contributed by atoms with E-state index in [1.165, 1.54) is 0 Å². The quantitative estimate of drug-likeness (QED) is 0.0684. The Bertz CT molecular complexity index is 2540. The SMILES string of the molecule is Cc1cncc(C)c1C(=O)Oc1ccccc1.Cc1cncc2c1C(O)=C1C(=O)[C@]3(O[Si](C)(C)C(C)(C)C)C(=O)c4c(OCc5ccccc5)noc4[C@@H](N(C)C)[C@@H]3C[C@]1(C)C2. The number of ketones is 2. The van der Waals surface area contributed by atoms with Gasteiger partial charge in [0.15, 0.2) is 19.7 Å². The van der Waals surface area contributed by atoms with E-state index in [1.54, 1.807) is 36.9 Å². The number of carbonyl (C=O) groups excluding carboxylic acids is 3. The summed E-state index contributed by atoms with van der Waals surface area (Å²) < 4.78 is 24.5. The number of hydrogen-bond donors (Lipinski definition) is 1. The van der Waals surface area contributed by atoms with Crippen molar-refractivity contribution in [1.29, 1.82) is 0 Å². The third kappa shape index (κ3) is 7.71. The Balaban J connectivity index is 0.000000284. The lowest BCUT2D eigenvalue weighted by molar-refractivity contribution is -0.143. The van der Waals surface area contributed by atoms with E-state index in [-0.39, 0.29) is 40.4 Å². The Morgan fingerprint density at radius 2 is 1.48 bits per heavy atom. The van der Waals surface area contributed by atoms with Crippen LogP contribution in [0.15, 0.2) is 95.5 Å². The Hall–Kier alpha value is -5.76. The van der Waals surface area contributed by atoms with Crippen LogP contribution >= 0.6 is 0 Å². The van der Waals surface area contributed by atoms with E-state index in [2.05, 4.69) is 35.9 Å². The van der Waals surface area contributed by atoms with Crippen molar-refractivity contribution in [3.05, 3.63) is 141 Å². The maximum atomic E-state index is 15.4. The van der Waals surface area contributed by atoms with Crippen LogP contribution in [0.2, 0.25) is 18.1 Å². The zero-order chi connectivity index (χ0) is 44.9. The molecular weight excluding hydrogens is 801 g/mol. The summed E-state index contributed by atoms with van der Waals surface area (Å²) in [4.78, 5) is 53.0. The fourth-order valence-corrected chi connectivity index (χ4v) is 10.5. The first kappa shape index (κ1) is 44.3. The largest absolute Gasteiger partial charge is 0.507 e. The van der Waals surface area contributed by atoms with Crippen LogP contribution in [-0.4, -0.2) is 70.7 Å². The number of rotatable bonds is 8. The Labute approximate surface area is 364 Å². The van der Waals surface area contributed by atoms with E-state index in [1.807, 2.05) is 108 Å². The highest BCUT2D eigenvalue weighted by atomic mass is 28.4. The smallest absolute Gasteiger partial charge is 0.344 e. The molecule has 4 atom stereocenters. The predicted octanol–water partition coefficient (Wildman–Crippen LogP) is 9.55. The second-order valence-corrected chi connectivity index (χ2v) is 23.5. The molecule has 3 heterocycles. The van der Waals surface area contributed by atoms with Crippen LogP contribution in [0.4, 0.5) is 0 Å². The molecule has 0 bridgehead atoms. The number of fused-ring (bicyclic) bond motifs is 4. The number of nitrogens with zero attached hydrogens (tertiary/aromatic N) is 4. The first-order valence-corrected chi connectivity index (χ1v) is 23.8. The van der Waals surface area contributed by atoms with Gasteiger partial charge in [0.05, 0.1) is 11.6 Å². The summed E-state index contributed by atoms with van der Waals surface area (Å²) in [5.74, 6) is -1.09. The summed E-state index contributed by atoms with van der Waals surface area (Å²) in [5.41, 5.74) is 3.09. The molecule has 2 aromatic carbocycles. The molecule has 1 N–H and O–H groups in total. The Kier molecular flexibility index (Phi) is 11.8. The molecule has 0 spiro atoms. The Morgan fingerprint density at radius 1 is 0.887 bits per heavy atom. The molecule has 0 saturated heterocycles. The Morgan fingerprint density at radius 3 is 2.10 bits per heavy atom. The third-order valence-corrected chi connectivity index (χ3v) is 17.5. The van der Waals surface area contributed by atoms with E-state index >= 15 is 9.59 Å². The number of esters is 1. The number of aliphatic hydroxyl groups is 1. The van der Waals surface area contributed by atoms with Gasteiger partial charge in [0.1, 0.15) is 23.7 Å². The number of aliphatic hydroxyl groups excluding tert-OH is 1. The van der Waals surface area contributed by atoms with Crippen LogP contribution in [0.3, 0.4) is 0 Å². The molecule has 3 aliphatic carbocycles. The summed E-state index contributed by atoms with van der Waals surface area (Å²) in [6, 6.07) is 18.1. The second-order valence-electron chi connectivity index (χ2n) is 18.8. The van der Waals surface area contributed by atoms with Crippen LogP contribution < -0.4 is 9.47 Å². The normalized spacial score (nSPS) is 21.9. The highest BCUT2D eigenvalue weighted by Crippen LogP contribution is 2.62. The van der Waals surface area contributed by atoms with E-state index in [4.69, 9.17) is 18.4 Å². The van der Waals surface area contributed by atoms with Crippen LogP contribution in [0.1, 0.15) is 100 Å². The summed E-state index contributed by atoms with van der Waals surface area (Å²) in [6.07, 6.45) is 7.67. The van der Waals surface area contributed by atoms with E-state index in [0.29, 0.717) is 35.5 Å². The van der Waals surface area contributed by atoms with Crippen molar-refractivity contribution >= 4 is 31.6 Å². The van der Waals surface area contributed by atoms with Gasteiger partial charge in [-0.1, -0.05) is 76.2 Å². The number of aromatic nitrogens is 3. The molecule has 5 aromatic rings. The average Bonchev–Trinajstić information content (AvgIpc) is 3.62. The minimum Gasteiger partial charge on any atom is -0.507 e. The standard InChI is InChI=1S/C35H43N3O6Si.C14H13NO2/c1-20-17-36-18-22-15-34(5)16-23-27(38(6)7)29-25(32(37-43-29)42-19-21-13-11-10-12-14-21)30(40)35(23,44-45(8,9)33(2,3)4)31(41)26(34)28(39)24(20)22;1-10-8-15-9-11(2)13(10)14(16)17-12-6-4-3-5-7-12/h10-14,17-18,23,27,39H,15-16,19H2,1-9H3;3-9H,1-2H3/t23-,27-,34-,35+;/m0./s1. The van der Waals surface area contributed by atoms with E-state index < -0.39 is 42.9 Å². The van der Waals surface area contributed by atoms with Crippen molar-refractivity contribution in [3.8, 4) is 11.6 Å². The van der Waals surface area contributed by atoms with Gasteiger partial charge < -0.3 is 23.5 Å². The zero-order valence-corrected chi connectivity index (χ0v) is 38.5. The minimum absolute atomic E-state index is 0.0394. The zero-order valence-electron chi connectivity index (χ0n) is 37.5. The van der Waals surface area contributed by atoms with Crippen LogP contribution in [0, 0.1) is 32.1 Å². The number of para-hydroxylation sites is 1. The maximum Gasteiger partial charge on any atom is 0.344 e. The van der Waals surface area contributed by atoms with Gasteiger partial charge in [-0.2, -0.15) is 0 Å². The van der Waals surface area contributed by atoms with Crippen molar-refractivity contribution < 1.29 is 37.9 Å². The van der Waals surface area contributed by atoms with Crippen molar-refractivity contribution in [2.24, 2.45) is 11.3 Å². The van der Waals surface area contributed by atoms with Crippen molar-refractivity contribution in [3.63, 3.8) is 0 Å². The molecule has 0 amide bonds. The summed E-state index contributed by atoms with van der Waals surface area (Å²) in [5, 5.41) is 15.9. The van der Waals surface area contributed by atoms with Gasteiger partial charge in [-0.15, -0.1) is 0 Å². The highest BCUT2D eigenvalue weighted by molar-refractivity contribution is 6.74. The number of benzene rings is 2. The molecule has 0 radical (unpaired) electrons. The monoisotopic (exact) mass is 856 g/mol. The molecule has 0 aliphatic heterocycles. The number of carbonyl (C=O) groups is 3. The highest BCUT2D eigenvalue weighted by Gasteiger charge is 2.70. The fraction of sp³-hybridized carbons (Fsp3) is 0.388. The van der Waals surface area contributed by atoms with Crippen molar-refractivity contribution in [1.82, 2.24) is 20.0 Å². The first-order valence-electron chi connectivity index (χ1n) is 20.9. The van der Waals surface area contributed by atoms with Crippen LogP contribution in [0.25, 0.3) is 5.76 Å². The van der Waals surface area contributed by atoms with Crippen LogP contribution in [-0.2, 0) is 22.2 Å². The molecule has 324 valence electrons. The maximum absolute atomic E-state index is 15.4. The number of hydrogen-bond acceptors (Lipinski definition) is 12. The summed E-state index contributed by atoms with van der Waals surface area (Å²) in [6.45, 7) is 18.1. The van der Waals surface area contributed by atoms with Gasteiger partial charge >= 0.3 is 5.97 Å². The number of Topliss-reactive ketones (excluding diaryl/α,β-unsaturated/α-hetero) is 2. The predicted molar refractivity (Wildman–Crippen MR) is 238 cm³/mol. The lowest BCUT2D eigenvalue weighted by Gasteiger charge is -2.57. The van der Waals surface area contributed by atoms with Crippen LogP contribution in [0.5, 0.6) is 11.6 Å². The van der Waals surface area contributed by atoms with Gasteiger partial charge in [-0.3, -0.25) is 24.5 Å². The molecule has 0 unspecified atom stereocenters.